The summed E-state index contributed by atoms with van der Waals surface area (Å²) in [5, 5.41) is 2.79. The number of nitrogens with one attached hydrogen (secondary N) is 1. The minimum atomic E-state index is -0.489. The average Bonchev–Trinajstić information content (AvgIpc) is 2.88. The largest absolute Gasteiger partial charge is 0.453 e. The Hall–Kier alpha value is -2.28. The lowest BCUT2D eigenvalue weighted by molar-refractivity contribution is 0.1000. The summed E-state index contributed by atoms with van der Waals surface area (Å²) in [4.78, 5) is 24.5. The lowest BCUT2D eigenvalue weighted by Gasteiger charge is -2.17. The van der Waals surface area contributed by atoms with E-state index in [1.807, 2.05) is 6.07 Å². The number of benzene rings is 1. The number of nitrogen functional groups attached to an aromatic ring is 1. The lowest BCUT2D eigenvalue weighted by atomic mass is 10.1. The number of nitrogens with zero attached hydrogens (tertiary/aromatic N) is 1. The molecule has 2 amide bonds. The molecule has 1 atom stereocenters. The van der Waals surface area contributed by atoms with Crippen LogP contribution in [0.4, 0.5) is 10.5 Å². The van der Waals surface area contributed by atoms with Gasteiger partial charge in [0.1, 0.15) is 0 Å². The fraction of sp³-hybridized carbons (Fsp3) is 0.429. The van der Waals surface area contributed by atoms with Crippen LogP contribution in [0.2, 0.25) is 0 Å². The number of carbonyl (C=O) groups is 2. The summed E-state index contributed by atoms with van der Waals surface area (Å²) < 4.78 is 4.59. The van der Waals surface area contributed by atoms with E-state index in [9.17, 15) is 9.59 Å². The van der Waals surface area contributed by atoms with Crippen LogP contribution in [0, 0.1) is 0 Å². The predicted molar refractivity (Wildman–Crippen MR) is 78.6 cm³/mol. The molecule has 1 unspecified atom stereocenters. The highest BCUT2D eigenvalue weighted by Crippen LogP contribution is 2.19. The molecule has 2 rings (SSSR count). The van der Waals surface area contributed by atoms with E-state index in [0.717, 1.165) is 25.1 Å². The van der Waals surface area contributed by atoms with E-state index in [2.05, 4.69) is 15.0 Å². The number of likely N-dealkylation sites (tertiary alicyclic amines) is 1. The van der Waals surface area contributed by atoms with Crippen LogP contribution >= 0.6 is 0 Å². The quantitative estimate of drug-likeness (QED) is 0.691. The van der Waals surface area contributed by atoms with Crippen molar-refractivity contribution in [3.63, 3.8) is 0 Å². The molecule has 0 aliphatic carbocycles. The Kier molecular flexibility index (Phi) is 4.64. The summed E-state index contributed by atoms with van der Waals surface area (Å²) in [6.45, 7) is 2.28. The summed E-state index contributed by atoms with van der Waals surface area (Å²) in [5.74, 6) is -0.489. The van der Waals surface area contributed by atoms with Crippen molar-refractivity contribution in [3.05, 3.63) is 29.3 Å². The smallest absolute Gasteiger partial charge is 0.407 e. The van der Waals surface area contributed by atoms with E-state index in [1.54, 1.807) is 12.1 Å². The predicted octanol–water partition coefficient (Wildman–Crippen LogP) is 0.298. The summed E-state index contributed by atoms with van der Waals surface area (Å²) in [6, 6.07) is 5.17. The van der Waals surface area contributed by atoms with Gasteiger partial charge in [0.25, 0.3) is 0 Å². The molecule has 0 aromatic heterocycles. The summed E-state index contributed by atoms with van der Waals surface area (Å²) in [6.07, 6.45) is 0.459. The van der Waals surface area contributed by atoms with Gasteiger partial charge in [-0.15, -0.1) is 0 Å². The zero-order valence-electron chi connectivity index (χ0n) is 12.0. The van der Waals surface area contributed by atoms with Crippen molar-refractivity contribution in [2.24, 2.45) is 5.73 Å². The molecule has 0 spiro atoms. The molecular weight excluding hydrogens is 272 g/mol. The van der Waals surface area contributed by atoms with Crippen LogP contribution in [0.25, 0.3) is 0 Å². The van der Waals surface area contributed by atoms with Crippen molar-refractivity contribution in [2.75, 3.05) is 25.9 Å². The second kappa shape index (κ2) is 6.45. The van der Waals surface area contributed by atoms with Crippen LogP contribution in [0.1, 0.15) is 22.3 Å². The van der Waals surface area contributed by atoms with Crippen molar-refractivity contribution in [1.82, 2.24) is 10.2 Å². The Morgan fingerprint density at radius 1 is 1.48 bits per heavy atom. The molecular formula is C14H20N4O3. The first-order chi connectivity index (χ1) is 9.99. The highest BCUT2D eigenvalue weighted by molar-refractivity contribution is 5.93. The van der Waals surface area contributed by atoms with Gasteiger partial charge in [0.15, 0.2) is 0 Å². The Labute approximate surface area is 123 Å². The monoisotopic (exact) mass is 292 g/mol. The number of primary amides is 1. The molecule has 7 nitrogen and oxygen atoms in total. The minimum Gasteiger partial charge on any atom is -0.453 e. The van der Waals surface area contributed by atoms with Gasteiger partial charge in [0.2, 0.25) is 5.91 Å². The van der Waals surface area contributed by atoms with Gasteiger partial charge in [-0.2, -0.15) is 0 Å². The maximum Gasteiger partial charge on any atom is 0.407 e. The lowest BCUT2D eigenvalue weighted by Crippen LogP contribution is -2.36. The van der Waals surface area contributed by atoms with Crippen molar-refractivity contribution in [1.29, 1.82) is 0 Å². The summed E-state index contributed by atoms with van der Waals surface area (Å²) in [5.41, 5.74) is 13.1. The topological polar surface area (TPSA) is 111 Å². The third-order valence-electron chi connectivity index (χ3n) is 3.60. The third-order valence-corrected chi connectivity index (χ3v) is 3.60. The molecule has 21 heavy (non-hydrogen) atoms. The first-order valence-electron chi connectivity index (χ1n) is 6.74. The third kappa shape index (κ3) is 3.85. The number of methoxy groups -OCH3 is 1. The molecule has 0 saturated carbocycles. The van der Waals surface area contributed by atoms with Crippen molar-refractivity contribution >= 4 is 17.7 Å². The van der Waals surface area contributed by atoms with E-state index in [1.165, 1.54) is 7.11 Å². The van der Waals surface area contributed by atoms with E-state index in [-0.39, 0.29) is 6.04 Å². The van der Waals surface area contributed by atoms with E-state index < -0.39 is 12.0 Å². The molecule has 114 valence electrons. The van der Waals surface area contributed by atoms with Crippen LogP contribution in [-0.4, -0.2) is 43.1 Å². The first kappa shape index (κ1) is 15.1. The molecule has 1 fully saturated rings. The molecule has 1 aliphatic heterocycles. The standard InChI is InChI=1S/C14H20N4O3/c1-21-14(20)17-11-4-5-18(8-11)7-10-3-2-9(13(16)19)6-12(10)15/h2-3,6,11H,4-5,7-8,15H2,1H3,(H2,16,19)(H,17,20). The fourth-order valence-electron chi connectivity index (χ4n) is 2.45. The number of hydrogen-bond acceptors (Lipinski definition) is 5. The van der Waals surface area contributed by atoms with E-state index in [0.29, 0.717) is 17.8 Å². The Morgan fingerprint density at radius 3 is 2.86 bits per heavy atom. The number of carbonyl (C=O) groups excluding carboxylic acids is 2. The van der Waals surface area contributed by atoms with Crippen molar-refractivity contribution in [2.45, 2.75) is 19.0 Å². The van der Waals surface area contributed by atoms with Crippen LogP contribution < -0.4 is 16.8 Å². The molecule has 1 heterocycles. The SMILES string of the molecule is COC(=O)NC1CCN(Cc2ccc(C(N)=O)cc2N)C1. The maximum absolute atomic E-state index is 11.2. The molecule has 0 bridgehead atoms. The van der Waals surface area contributed by atoms with Gasteiger partial charge in [0, 0.05) is 36.9 Å². The molecule has 0 radical (unpaired) electrons. The van der Waals surface area contributed by atoms with Crippen LogP contribution in [0.5, 0.6) is 0 Å². The van der Waals surface area contributed by atoms with Gasteiger partial charge >= 0.3 is 6.09 Å². The number of ether oxygens (including phenoxy) is 1. The highest BCUT2D eigenvalue weighted by atomic mass is 16.5. The van der Waals surface area contributed by atoms with Crippen LogP contribution in [0.3, 0.4) is 0 Å². The molecule has 7 heteroatoms. The molecule has 1 saturated heterocycles. The molecule has 1 aromatic rings. The van der Waals surface area contributed by atoms with Gasteiger partial charge in [-0.1, -0.05) is 6.07 Å². The van der Waals surface area contributed by atoms with Gasteiger partial charge in [0.05, 0.1) is 7.11 Å². The van der Waals surface area contributed by atoms with Crippen molar-refractivity contribution in [3.8, 4) is 0 Å². The van der Waals surface area contributed by atoms with E-state index >= 15 is 0 Å². The summed E-state index contributed by atoms with van der Waals surface area (Å²) in [7, 11) is 1.35. The molecule has 5 N–H and O–H groups in total. The minimum absolute atomic E-state index is 0.0866. The van der Waals surface area contributed by atoms with Gasteiger partial charge in [-0.05, 0) is 24.1 Å². The number of anilines is 1. The Morgan fingerprint density at radius 2 is 2.24 bits per heavy atom. The van der Waals surface area contributed by atoms with Crippen LogP contribution in [-0.2, 0) is 11.3 Å². The fourth-order valence-corrected chi connectivity index (χ4v) is 2.45. The van der Waals surface area contributed by atoms with Crippen LogP contribution in [0.15, 0.2) is 18.2 Å². The Balaban J connectivity index is 1.94. The second-order valence-corrected chi connectivity index (χ2v) is 5.13. The summed E-state index contributed by atoms with van der Waals surface area (Å²) >= 11 is 0. The molecule has 1 aliphatic rings. The number of hydrogen-bond donors (Lipinski definition) is 3. The Bertz CT molecular complexity index is 547. The number of alkyl carbamates (subject to hydrolysis) is 1. The highest BCUT2D eigenvalue weighted by Gasteiger charge is 2.24. The van der Waals surface area contributed by atoms with E-state index in [4.69, 9.17) is 11.5 Å². The number of nitrogens with two attached hydrogens (primary N) is 2. The second-order valence-electron chi connectivity index (χ2n) is 5.13. The van der Waals surface area contributed by atoms with Gasteiger partial charge in [-0.25, -0.2) is 4.79 Å². The van der Waals surface area contributed by atoms with Crippen molar-refractivity contribution < 1.29 is 14.3 Å². The zero-order chi connectivity index (χ0) is 15.4. The molecule has 1 aromatic carbocycles. The average molecular weight is 292 g/mol. The number of rotatable bonds is 4. The number of amides is 2. The van der Waals surface area contributed by atoms with Gasteiger partial charge < -0.3 is 21.5 Å². The van der Waals surface area contributed by atoms with Gasteiger partial charge in [-0.3, -0.25) is 9.69 Å². The maximum atomic E-state index is 11.2. The zero-order valence-corrected chi connectivity index (χ0v) is 12.0. The normalized spacial score (nSPS) is 18.4. The first-order valence-corrected chi connectivity index (χ1v) is 6.74.